The summed E-state index contributed by atoms with van der Waals surface area (Å²) in [6.07, 6.45) is 2.37. The highest BCUT2D eigenvalue weighted by Crippen LogP contribution is 2.35. The zero-order valence-electron chi connectivity index (χ0n) is 10.4. The Hall–Kier alpha value is -1.43. The lowest BCUT2D eigenvalue weighted by Gasteiger charge is -2.21. The van der Waals surface area contributed by atoms with Crippen LogP contribution in [0.5, 0.6) is 0 Å². The summed E-state index contributed by atoms with van der Waals surface area (Å²) < 4.78 is 0. The monoisotopic (exact) mass is 270 g/mol. The smallest absolute Gasteiger partial charge is 0.332 e. The van der Waals surface area contributed by atoms with Gasteiger partial charge in [0.15, 0.2) is 0 Å². The van der Waals surface area contributed by atoms with E-state index in [9.17, 15) is 10.1 Å². The molecule has 0 bridgehead atoms. The molecule has 0 radical (unpaired) electrons. The second-order valence-corrected chi connectivity index (χ2v) is 4.83. The van der Waals surface area contributed by atoms with Crippen LogP contribution in [0.4, 0.5) is 11.5 Å². The molecular formula is C11H15ClN4O2. The van der Waals surface area contributed by atoms with Crippen LogP contribution >= 0.6 is 11.6 Å². The van der Waals surface area contributed by atoms with Gasteiger partial charge in [0.25, 0.3) is 0 Å². The SMILES string of the molecule is CCN(CC1CC1)c1nc(Cl)nc(C)c1[N+](=O)[O-]. The molecule has 18 heavy (non-hydrogen) atoms. The number of hydrogen-bond acceptors (Lipinski definition) is 5. The minimum atomic E-state index is -0.434. The maximum Gasteiger partial charge on any atom is 0.332 e. The predicted molar refractivity (Wildman–Crippen MR) is 69.0 cm³/mol. The van der Waals surface area contributed by atoms with Crippen LogP contribution in [0.25, 0.3) is 0 Å². The molecule has 1 heterocycles. The molecule has 1 aromatic heterocycles. The second-order valence-electron chi connectivity index (χ2n) is 4.49. The Kier molecular flexibility index (Phi) is 3.65. The van der Waals surface area contributed by atoms with Crippen molar-refractivity contribution in [3.8, 4) is 0 Å². The van der Waals surface area contributed by atoms with Gasteiger partial charge in [-0.1, -0.05) is 0 Å². The van der Waals surface area contributed by atoms with Crippen LogP contribution in [-0.2, 0) is 0 Å². The fraction of sp³-hybridized carbons (Fsp3) is 0.636. The van der Waals surface area contributed by atoms with E-state index in [2.05, 4.69) is 9.97 Å². The van der Waals surface area contributed by atoms with Gasteiger partial charge in [-0.25, -0.2) is 4.98 Å². The van der Waals surface area contributed by atoms with Crippen molar-refractivity contribution < 1.29 is 4.92 Å². The van der Waals surface area contributed by atoms with Crippen LogP contribution in [0.1, 0.15) is 25.5 Å². The molecule has 0 unspecified atom stereocenters. The van der Waals surface area contributed by atoms with Gasteiger partial charge in [0.05, 0.1) is 4.92 Å². The maximum absolute atomic E-state index is 11.1. The zero-order chi connectivity index (χ0) is 13.3. The molecule has 1 aliphatic carbocycles. The van der Waals surface area contributed by atoms with Crippen molar-refractivity contribution in [1.82, 2.24) is 9.97 Å². The van der Waals surface area contributed by atoms with Gasteiger partial charge in [-0.3, -0.25) is 10.1 Å². The number of aryl methyl sites for hydroxylation is 1. The van der Waals surface area contributed by atoms with E-state index in [1.807, 2.05) is 11.8 Å². The first kappa shape index (κ1) is 13.0. The number of anilines is 1. The van der Waals surface area contributed by atoms with E-state index >= 15 is 0 Å². The third kappa shape index (κ3) is 2.69. The molecule has 6 nitrogen and oxygen atoms in total. The van der Waals surface area contributed by atoms with Crippen molar-refractivity contribution in [3.63, 3.8) is 0 Å². The molecule has 1 fully saturated rings. The molecule has 98 valence electrons. The van der Waals surface area contributed by atoms with Crippen molar-refractivity contribution in [2.24, 2.45) is 5.92 Å². The van der Waals surface area contributed by atoms with Gasteiger partial charge in [-0.2, -0.15) is 4.98 Å². The van der Waals surface area contributed by atoms with Crippen LogP contribution in [0, 0.1) is 23.0 Å². The normalized spacial score (nSPS) is 14.6. The highest BCUT2D eigenvalue weighted by molar-refractivity contribution is 6.28. The van der Waals surface area contributed by atoms with E-state index < -0.39 is 4.92 Å². The molecule has 0 amide bonds. The van der Waals surface area contributed by atoms with Crippen LogP contribution in [0.15, 0.2) is 0 Å². The standard InChI is InChI=1S/C11H15ClN4O2/c1-3-15(6-8-4-5-8)10-9(16(17)18)7(2)13-11(12)14-10/h8H,3-6H2,1-2H3. The van der Waals surface area contributed by atoms with Crippen molar-refractivity contribution in [2.45, 2.75) is 26.7 Å². The first-order valence-corrected chi connectivity index (χ1v) is 6.34. The second kappa shape index (κ2) is 5.06. The van der Waals surface area contributed by atoms with Crippen molar-refractivity contribution in [3.05, 3.63) is 21.1 Å². The van der Waals surface area contributed by atoms with Crippen LogP contribution in [-0.4, -0.2) is 28.0 Å². The molecule has 0 aliphatic heterocycles. The quantitative estimate of drug-likeness (QED) is 0.467. The summed E-state index contributed by atoms with van der Waals surface area (Å²) in [5, 5.41) is 11.2. The topological polar surface area (TPSA) is 72.2 Å². The molecule has 0 aromatic carbocycles. The van der Waals surface area contributed by atoms with E-state index in [1.165, 1.54) is 12.8 Å². The fourth-order valence-electron chi connectivity index (χ4n) is 1.93. The summed E-state index contributed by atoms with van der Waals surface area (Å²) >= 11 is 5.81. The third-order valence-electron chi connectivity index (χ3n) is 3.05. The Balaban J connectivity index is 2.41. The Bertz CT molecular complexity index is 476. The molecule has 1 saturated carbocycles. The van der Waals surface area contributed by atoms with Gasteiger partial charge in [0.1, 0.15) is 5.69 Å². The number of nitro groups is 1. The average Bonchev–Trinajstić information content (AvgIpc) is 3.07. The highest BCUT2D eigenvalue weighted by Gasteiger charge is 2.30. The van der Waals surface area contributed by atoms with Gasteiger partial charge in [-0.05, 0) is 44.2 Å². The minimum absolute atomic E-state index is 0.0399. The largest absolute Gasteiger partial charge is 0.351 e. The van der Waals surface area contributed by atoms with Gasteiger partial charge in [-0.15, -0.1) is 0 Å². The Labute approximate surface area is 110 Å². The van der Waals surface area contributed by atoms with E-state index in [-0.39, 0.29) is 11.0 Å². The number of halogens is 1. The lowest BCUT2D eigenvalue weighted by molar-refractivity contribution is -0.385. The van der Waals surface area contributed by atoms with Crippen LogP contribution in [0.2, 0.25) is 5.28 Å². The van der Waals surface area contributed by atoms with E-state index in [0.29, 0.717) is 24.0 Å². The summed E-state index contributed by atoms with van der Waals surface area (Å²) in [6.45, 7) is 5.01. The third-order valence-corrected chi connectivity index (χ3v) is 3.22. The number of hydrogen-bond donors (Lipinski definition) is 0. The number of nitrogens with zero attached hydrogens (tertiary/aromatic N) is 4. The van der Waals surface area contributed by atoms with Crippen molar-refractivity contribution in [1.29, 1.82) is 0 Å². The molecular weight excluding hydrogens is 256 g/mol. The molecule has 0 atom stereocenters. The maximum atomic E-state index is 11.1. The Morgan fingerprint density at radius 1 is 1.50 bits per heavy atom. The molecule has 7 heteroatoms. The van der Waals surface area contributed by atoms with Crippen LogP contribution < -0.4 is 4.90 Å². The lowest BCUT2D eigenvalue weighted by Crippen LogP contribution is -2.27. The Morgan fingerprint density at radius 2 is 2.17 bits per heavy atom. The van der Waals surface area contributed by atoms with E-state index in [4.69, 9.17) is 11.6 Å². The van der Waals surface area contributed by atoms with E-state index in [1.54, 1.807) is 6.92 Å². The fourth-order valence-corrected chi connectivity index (χ4v) is 2.14. The summed E-state index contributed by atoms with van der Waals surface area (Å²) in [7, 11) is 0. The number of aromatic nitrogens is 2. The molecule has 2 rings (SSSR count). The predicted octanol–water partition coefficient (Wildman–Crippen LogP) is 2.58. The van der Waals surface area contributed by atoms with E-state index in [0.717, 1.165) is 6.54 Å². The molecule has 1 aromatic rings. The zero-order valence-corrected chi connectivity index (χ0v) is 11.1. The summed E-state index contributed by atoms with van der Waals surface area (Å²) in [5.74, 6) is 0.963. The molecule has 0 N–H and O–H groups in total. The first-order valence-electron chi connectivity index (χ1n) is 5.96. The minimum Gasteiger partial charge on any atom is -0.351 e. The molecule has 0 spiro atoms. The number of rotatable bonds is 5. The van der Waals surface area contributed by atoms with Crippen LogP contribution in [0.3, 0.4) is 0 Å². The summed E-state index contributed by atoms with van der Waals surface area (Å²) in [4.78, 5) is 20.5. The van der Waals surface area contributed by atoms with Gasteiger partial charge >= 0.3 is 5.69 Å². The van der Waals surface area contributed by atoms with Gasteiger partial charge in [0, 0.05) is 13.1 Å². The highest BCUT2D eigenvalue weighted by atomic mass is 35.5. The van der Waals surface area contributed by atoms with Gasteiger partial charge in [0.2, 0.25) is 11.1 Å². The lowest BCUT2D eigenvalue weighted by atomic mass is 10.3. The van der Waals surface area contributed by atoms with Crippen molar-refractivity contribution >= 4 is 23.1 Å². The molecule has 1 aliphatic rings. The Morgan fingerprint density at radius 3 is 2.67 bits per heavy atom. The first-order chi connectivity index (χ1) is 8.52. The summed E-state index contributed by atoms with van der Waals surface area (Å²) in [6, 6.07) is 0. The molecule has 0 saturated heterocycles. The van der Waals surface area contributed by atoms with Crippen molar-refractivity contribution in [2.75, 3.05) is 18.0 Å². The average molecular weight is 271 g/mol. The van der Waals surface area contributed by atoms with Gasteiger partial charge < -0.3 is 4.90 Å². The summed E-state index contributed by atoms with van der Waals surface area (Å²) in [5.41, 5.74) is 0.270.